The molecule has 1 aliphatic carbocycles. The van der Waals surface area contributed by atoms with E-state index < -0.39 is 0 Å². The highest BCUT2D eigenvalue weighted by Crippen LogP contribution is 2.27. The Balaban J connectivity index is 1.88. The number of hydrogen-bond donors (Lipinski definition) is 2. The summed E-state index contributed by atoms with van der Waals surface area (Å²) in [6.45, 7) is 2.31. The lowest BCUT2D eigenvalue weighted by atomic mass is 9.85. The van der Waals surface area contributed by atoms with Gasteiger partial charge in [0.05, 0.1) is 23.9 Å². The molecule has 1 fully saturated rings. The molecule has 0 aromatic carbocycles. The molecule has 0 saturated heterocycles. The molecule has 0 spiro atoms. The molecule has 0 unspecified atom stereocenters. The van der Waals surface area contributed by atoms with Crippen molar-refractivity contribution in [2.45, 2.75) is 32.2 Å². The second-order valence-electron chi connectivity index (χ2n) is 5.27. The molecule has 6 nitrogen and oxygen atoms in total. The summed E-state index contributed by atoms with van der Waals surface area (Å²) in [6, 6.07) is 0. The number of aliphatic hydroxyl groups is 1. The lowest BCUT2D eigenvalue weighted by Crippen LogP contribution is -2.31. The molecule has 1 aliphatic rings. The topological polar surface area (TPSA) is 76.4 Å². The van der Waals surface area contributed by atoms with Gasteiger partial charge in [0.1, 0.15) is 5.69 Å². The number of ether oxygens (including phenoxy) is 1. The third-order valence-electron chi connectivity index (χ3n) is 3.66. The predicted octanol–water partition coefficient (Wildman–Crippen LogP) is 1.62. The molecule has 0 aliphatic heterocycles. The summed E-state index contributed by atoms with van der Waals surface area (Å²) in [6.07, 6.45) is 6.08. The van der Waals surface area contributed by atoms with Crippen molar-refractivity contribution in [2.24, 2.45) is 5.92 Å². The van der Waals surface area contributed by atoms with Crippen LogP contribution in [0.1, 0.15) is 25.7 Å². The van der Waals surface area contributed by atoms with Gasteiger partial charge in [0.15, 0.2) is 0 Å². The summed E-state index contributed by atoms with van der Waals surface area (Å²) < 4.78 is 7.43. The first-order valence-electron chi connectivity index (χ1n) is 7.40. The van der Waals surface area contributed by atoms with Gasteiger partial charge in [-0.2, -0.15) is 5.10 Å². The van der Waals surface area contributed by atoms with Crippen molar-refractivity contribution in [3.63, 3.8) is 0 Å². The summed E-state index contributed by atoms with van der Waals surface area (Å²) in [7, 11) is 0. The van der Waals surface area contributed by atoms with Crippen molar-refractivity contribution in [3.8, 4) is 0 Å². The van der Waals surface area contributed by atoms with E-state index in [1.54, 1.807) is 10.9 Å². The molecule has 0 radical (unpaired) electrons. The van der Waals surface area contributed by atoms with E-state index in [9.17, 15) is 4.79 Å². The van der Waals surface area contributed by atoms with Gasteiger partial charge in [0.25, 0.3) is 5.56 Å². The zero-order valence-electron chi connectivity index (χ0n) is 12.1. The van der Waals surface area contributed by atoms with Crippen LogP contribution >= 0.6 is 15.9 Å². The second-order valence-corrected chi connectivity index (χ2v) is 6.12. The molecule has 1 aromatic rings. The van der Waals surface area contributed by atoms with Crippen LogP contribution in [0.25, 0.3) is 0 Å². The van der Waals surface area contributed by atoms with E-state index in [0.29, 0.717) is 42.4 Å². The van der Waals surface area contributed by atoms with Crippen LogP contribution < -0.4 is 10.9 Å². The molecule has 1 heterocycles. The molecule has 2 N–H and O–H groups in total. The number of aliphatic hydroxyl groups excluding tert-OH is 1. The van der Waals surface area contributed by atoms with E-state index in [0.717, 1.165) is 6.42 Å². The molecule has 2 rings (SSSR count). The highest BCUT2D eigenvalue weighted by atomic mass is 79.9. The third-order valence-corrected chi connectivity index (χ3v) is 4.26. The fourth-order valence-corrected chi connectivity index (χ4v) is 2.63. The Kier molecular flexibility index (Phi) is 6.66. The van der Waals surface area contributed by atoms with Crippen molar-refractivity contribution >= 4 is 21.6 Å². The Labute approximate surface area is 132 Å². The van der Waals surface area contributed by atoms with Gasteiger partial charge in [-0.3, -0.25) is 4.79 Å². The SMILES string of the molecule is O=c1c(NCCCOCCO)c(Br)cnn1CC1CCC1. The first kappa shape index (κ1) is 16.5. The average molecular weight is 360 g/mol. The Morgan fingerprint density at radius 2 is 2.29 bits per heavy atom. The summed E-state index contributed by atoms with van der Waals surface area (Å²) in [5, 5.41) is 15.9. The average Bonchev–Trinajstić information content (AvgIpc) is 2.43. The number of anilines is 1. The van der Waals surface area contributed by atoms with Crippen molar-refractivity contribution in [1.82, 2.24) is 9.78 Å². The van der Waals surface area contributed by atoms with Crippen molar-refractivity contribution in [1.29, 1.82) is 0 Å². The number of nitrogens with one attached hydrogen (secondary N) is 1. The monoisotopic (exact) mass is 359 g/mol. The van der Waals surface area contributed by atoms with Crippen LogP contribution in [0, 0.1) is 5.92 Å². The van der Waals surface area contributed by atoms with Gasteiger partial charge in [-0.1, -0.05) is 6.42 Å². The highest BCUT2D eigenvalue weighted by molar-refractivity contribution is 9.10. The number of halogens is 1. The van der Waals surface area contributed by atoms with Gasteiger partial charge >= 0.3 is 0 Å². The second kappa shape index (κ2) is 8.51. The fourth-order valence-electron chi connectivity index (χ4n) is 2.23. The van der Waals surface area contributed by atoms with E-state index in [1.807, 2.05) is 0 Å². The first-order valence-corrected chi connectivity index (χ1v) is 8.19. The molecule has 1 aromatic heterocycles. The van der Waals surface area contributed by atoms with Crippen LogP contribution in [0.5, 0.6) is 0 Å². The predicted molar refractivity (Wildman–Crippen MR) is 84.5 cm³/mol. The molecule has 0 bridgehead atoms. The molecule has 0 amide bonds. The molecular weight excluding hydrogens is 338 g/mol. The van der Waals surface area contributed by atoms with E-state index in [-0.39, 0.29) is 12.2 Å². The zero-order chi connectivity index (χ0) is 15.1. The Morgan fingerprint density at radius 3 is 2.95 bits per heavy atom. The van der Waals surface area contributed by atoms with Gasteiger partial charge in [-0.15, -0.1) is 0 Å². The molecule has 118 valence electrons. The third kappa shape index (κ3) is 4.79. The Bertz CT molecular complexity index is 503. The minimum absolute atomic E-state index is 0.0369. The molecule has 7 heteroatoms. The summed E-state index contributed by atoms with van der Waals surface area (Å²) in [5.74, 6) is 0.594. The molecular formula is C14H22BrN3O3. The smallest absolute Gasteiger partial charge is 0.291 e. The maximum Gasteiger partial charge on any atom is 0.291 e. The van der Waals surface area contributed by atoms with E-state index in [4.69, 9.17) is 9.84 Å². The van der Waals surface area contributed by atoms with Crippen LogP contribution in [0.4, 0.5) is 5.69 Å². The van der Waals surface area contributed by atoms with E-state index >= 15 is 0 Å². The standard InChI is InChI=1S/C14H22BrN3O3/c15-12-9-17-18(10-11-3-1-4-11)14(20)13(12)16-5-2-7-21-8-6-19/h9,11,16,19H,1-8,10H2. The fraction of sp³-hybridized carbons (Fsp3) is 0.714. The lowest BCUT2D eigenvalue weighted by molar-refractivity contribution is 0.0922. The minimum Gasteiger partial charge on any atom is -0.394 e. The van der Waals surface area contributed by atoms with Crippen molar-refractivity contribution in [3.05, 3.63) is 21.0 Å². The van der Waals surface area contributed by atoms with Gasteiger partial charge in [-0.25, -0.2) is 4.68 Å². The molecule has 0 atom stereocenters. The van der Waals surface area contributed by atoms with Gasteiger partial charge < -0.3 is 15.2 Å². The van der Waals surface area contributed by atoms with E-state index in [1.165, 1.54) is 19.3 Å². The number of rotatable bonds is 9. The largest absolute Gasteiger partial charge is 0.394 e. The van der Waals surface area contributed by atoms with Crippen LogP contribution in [-0.2, 0) is 11.3 Å². The van der Waals surface area contributed by atoms with Crippen LogP contribution in [-0.4, -0.2) is 41.3 Å². The maximum atomic E-state index is 12.4. The van der Waals surface area contributed by atoms with Crippen LogP contribution in [0.3, 0.4) is 0 Å². The van der Waals surface area contributed by atoms with Crippen molar-refractivity contribution < 1.29 is 9.84 Å². The number of aromatic nitrogens is 2. The highest BCUT2D eigenvalue weighted by Gasteiger charge is 2.20. The number of hydrogen-bond acceptors (Lipinski definition) is 5. The van der Waals surface area contributed by atoms with Gasteiger partial charge in [0.2, 0.25) is 0 Å². The first-order chi connectivity index (χ1) is 10.2. The lowest BCUT2D eigenvalue weighted by Gasteiger charge is -2.25. The van der Waals surface area contributed by atoms with Crippen molar-refractivity contribution in [2.75, 3.05) is 31.7 Å². The van der Waals surface area contributed by atoms with E-state index in [2.05, 4.69) is 26.3 Å². The summed E-state index contributed by atoms with van der Waals surface area (Å²) >= 11 is 3.37. The minimum atomic E-state index is -0.0763. The molecule has 21 heavy (non-hydrogen) atoms. The number of nitrogens with zero attached hydrogens (tertiary/aromatic N) is 2. The quantitative estimate of drug-likeness (QED) is 0.655. The Morgan fingerprint density at radius 1 is 1.48 bits per heavy atom. The maximum absolute atomic E-state index is 12.4. The Hall–Kier alpha value is -0.920. The summed E-state index contributed by atoms with van der Waals surface area (Å²) in [5.41, 5.74) is 0.485. The van der Waals surface area contributed by atoms with Gasteiger partial charge in [0, 0.05) is 19.7 Å². The van der Waals surface area contributed by atoms with Crippen LogP contribution in [0.2, 0.25) is 0 Å². The molecule has 1 saturated carbocycles. The van der Waals surface area contributed by atoms with Gasteiger partial charge in [-0.05, 0) is 41.1 Å². The summed E-state index contributed by atoms with van der Waals surface area (Å²) in [4.78, 5) is 12.4. The van der Waals surface area contributed by atoms with Crippen LogP contribution in [0.15, 0.2) is 15.5 Å². The zero-order valence-corrected chi connectivity index (χ0v) is 13.6. The normalized spacial score (nSPS) is 15.0.